The highest BCUT2D eigenvalue weighted by Gasteiger charge is 2.07. The van der Waals surface area contributed by atoms with Crippen molar-refractivity contribution in [2.75, 3.05) is 0 Å². The number of hydrogen-bond acceptors (Lipinski definition) is 1. The van der Waals surface area contributed by atoms with Crippen LogP contribution in [0.15, 0.2) is 24.4 Å². The van der Waals surface area contributed by atoms with Gasteiger partial charge in [0.1, 0.15) is 5.82 Å². The molecule has 2 nitrogen and oxygen atoms in total. The molecule has 110 valence electrons. The van der Waals surface area contributed by atoms with Crippen LogP contribution in [-0.4, -0.2) is 9.55 Å². The third kappa shape index (κ3) is 4.12. The van der Waals surface area contributed by atoms with E-state index in [4.69, 9.17) is 11.6 Å². The third-order valence-corrected chi connectivity index (χ3v) is 3.77. The predicted molar refractivity (Wildman–Crippen MR) is 88.7 cm³/mol. The minimum absolute atomic E-state index is 0.734. The lowest BCUT2D eigenvalue weighted by Crippen LogP contribution is -2.05. The standard InChI is InChI=1S/C18H21ClN2/c1-4-5-6-7-8-16-11-18(19)10-9-17(16)13-21-14(2)12-20-15(21)3/h9-12H,4-6,13H2,1-3H3. The minimum atomic E-state index is 0.734. The van der Waals surface area contributed by atoms with Crippen molar-refractivity contribution in [3.8, 4) is 11.8 Å². The Hall–Kier alpha value is -1.72. The highest BCUT2D eigenvalue weighted by Crippen LogP contribution is 2.18. The van der Waals surface area contributed by atoms with Crippen molar-refractivity contribution in [3.63, 3.8) is 0 Å². The van der Waals surface area contributed by atoms with E-state index in [9.17, 15) is 0 Å². The largest absolute Gasteiger partial charge is 0.328 e. The molecule has 1 aromatic carbocycles. The van der Waals surface area contributed by atoms with Gasteiger partial charge in [0.05, 0.1) is 6.54 Å². The summed E-state index contributed by atoms with van der Waals surface area (Å²) in [6, 6.07) is 5.94. The summed E-state index contributed by atoms with van der Waals surface area (Å²) in [5.74, 6) is 7.54. The molecule has 0 saturated heterocycles. The Morgan fingerprint density at radius 3 is 2.76 bits per heavy atom. The molecule has 3 heteroatoms. The van der Waals surface area contributed by atoms with E-state index < -0.39 is 0 Å². The summed E-state index contributed by atoms with van der Waals surface area (Å²) in [5, 5.41) is 0.734. The van der Waals surface area contributed by atoms with Gasteiger partial charge in [0, 0.05) is 28.9 Å². The van der Waals surface area contributed by atoms with E-state index in [1.165, 1.54) is 12.0 Å². The van der Waals surface area contributed by atoms with Gasteiger partial charge in [-0.25, -0.2) is 4.98 Å². The highest BCUT2D eigenvalue weighted by molar-refractivity contribution is 6.30. The number of imidazole rings is 1. The van der Waals surface area contributed by atoms with Gasteiger partial charge in [0.15, 0.2) is 0 Å². The Balaban J connectivity index is 2.28. The maximum atomic E-state index is 6.11. The van der Waals surface area contributed by atoms with Gasteiger partial charge in [-0.15, -0.1) is 0 Å². The summed E-state index contributed by atoms with van der Waals surface area (Å²) in [6.07, 6.45) is 5.15. The van der Waals surface area contributed by atoms with Crippen LogP contribution >= 0.6 is 11.6 Å². The van der Waals surface area contributed by atoms with Crippen LogP contribution in [0.2, 0.25) is 5.02 Å². The molecule has 0 aliphatic rings. The second kappa shape index (κ2) is 7.33. The van der Waals surface area contributed by atoms with Gasteiger partial charge < -0.3 is 4.57 Å². The summed E-state index contributed by atoms with van der Waals surface area (Å²) in [5.41, 5.74) is 3.37. The van der Waals surface area contributed by atoms with Gasteiger partial charge in [-0.2, -0.15) is 0 Å². The smallest absolute Gasteiger partial charge is 0.106 e. The molecule has 0 N–H and O–H groups in total. The number of aromatic nitrogens is 2. The van der Waals surface area contributed by atoms with Crippen LogP contribution in [0.25, 0.3) is 0 Å². The SMILES string of the molecule is CCCCC#Cc1cc(Cl)ccc1Cn1c(C)cnc1C. The Bertz CT molecular complexity index is 655. The molecule has 0 saturated carbocycles. The fraction of sp³-hybridized carbons (Fsp3) is 0.389. The van der Waals surface area contributed by atoms with Crippen LogP contribution in [-0.2, 0) is 6.54 Å². The minimum Gasteiger partial charge on any atom is -0.328 e. The van der Waals surface area contributed by atoms with Crippen molar-refractivity contribution in [3.05, 3.63) is 52.1 Å². The molecule has 0 atom stereocenters. The van der Waals surface area contributed by atoms with Crippen LogP contribution in [0.1, 0.15) is 48.8 Å². The van der Waals surface area contributed by atoms with Gasteiger partial charge in [0.25, 0.3) is 0 Å². The van der Waals surface area contributed by atoms with E-state index in [2.05, 4.69) is 41.3 Å². The molecular formula is C18H21ClN2. The Morgan fingerprint density at radius 1 is 1.29 bits per heavy atom. The lowest BCUT2D eigenvalue weighted by atomic mass is 10.1. The van der Waals surface area contributed by atoms with E-state index in [-0.39, 0.29) is 0 Å². The molecule has 0 fully saturated rings. The molecule has 0 amide bonds. The van der Waals surface area contributed by atoms with Crippen molar-refractivity contribution in [1.29, 1.82) is 0 Å². The zero-order chi connectivity index (χ0) is 15.2. The first-order valence-electron chi connectivity index (χ1n) is 7.38. The molecule has 1 heterocycles. The summed E-state index contributed by atoms with van der Waals surface area (Å²) in [4.78, 5) is 4.35. The maximum Gasteiger partial charge on any atom is 0.106 e. The van der Waals surface area contributed by atoms with E-state index in [1.807, 2.05) is 25.3 Å². The molecule has 0 bridgehead atoms. The molecule has 0 unspecified atom stereocenters. The monoisotopic (exact) mass is 300 g/mol. The second-order valence-electron chi connectivity index (χ2n) is 5.24. The second-order valence-corrected chi connectivity index (χ2v) is 5.68. The van der Waals surface area contributed by atoms with E-state index >= 15 is 0 Å². The average Bonchev–Trinajstić information content (AvgIpc) is 2.78. The van der Waals surface area contributed by atoms with E-state index in [0.29, 0.717) is 0 Å². The summed E-state index contributed by atoms with van der Waals surface area (Å²) in [6.45, 7) is 7.06. The number of aryl methyl sites for hydroxylation is 2. The first kappa shape index (κ1) is 15.7. The molecule has 2 aromatic rings. The first-order chi connectivity index (χ1) is 10.1. The number of unbranched alkanes of at least 4 members (excludes halogenated alkanes) is 2. The highest BCUT2D eigenvalue weighted by atomic mass is 35.5. The van der Waals surface area contributed by atoms with E-state index in [1.54, 1.807) is 0 Å². The van der Waals surface area contributed by atoms with Crippen LogP contribution in [0.4, 0.5) is 0 Å². The van der Waals surface area contributed by atoms with Crippen molar-refractivity contribution < 1.29 is 0 Å². The van der Waals surface area contributed by atoms with Crippen molar-refractivity contribution in [1.82, 2.24) is 9.55 Å². The van der Waals surface area contributed by atoms with E-state index in [0.717, 1.165) is 41.5 Å². The lowest BCUT2D eigenvalue weighted by Gasteiger charge is -2.10. The topological polar surface area (TPSA) is 17.8 Å². The van der Waals surface area contributed by atoms with Crippen LogP contribution in [0, 0.1) is 25.7 Å². The Morgan fingerprint density at radius 2 is 2.10 bits per heavy atom. The molecule has 1 aromatic heterocycles. The number of halogens is 1. The molecule has 0 aliphatic carbocycles. The van der Waals surface area contributed by atoms with Gasteiger partial charge in [0.2, 0.25) is 0 Å². The number of nitrogens with zero attached hydrogens (tertiary/aromatic N) is 2. The third-order valence-electron chi connectivity index (χ3n) is 3.53. The average molecular weight is 301 g/mol. The van der Waals surface area contributed by atoms with Gasteiger partial charge in [-0.05, 0) is 38.0 Å². The predicted octanol–water partition coefficient (Wildman–Crippen LogP) is 4.74. The number of rotatable bonds is 4. The van der Waals surface area contributed by atoms with Gasteiger partial charge in [-0.3, -0.25) is 0 Å². The first-order valence-corrected chi connectivity index (χ1v) is 7.75. The van der Waals surface area contributed by atoms with Crippen molar-refractivity contribution >= 4 is 11.6 Å². The van der Waals surface area contributed by atoms with Crippen molar-refractivity contribution in [2.24, 2.45) is 0 Å². The summed E-state index contributed by atoms with van der Waals surface area (Å²) >= 11 is 6.11. The molecule has 0 spiro atoms. The van der Waals surface area contributed by atoms with Crippen LogP contribution in [0.3, 0.4) is 0 Å². The Kier molecular flexibility index (Phi) is 5.47. The maximum absolute atomic E-state index is 6.11. The summed E-state index contributed by atoms with van der Waals surface area (Å²) < 4.78 is 2.19. The molecule has 0 radical (unpaired) electrons. The molecule has 2 rings (SSSR count). The zero-order valence-electron chi connectivity index (χ0n) is 12.9. The summed E-state index contributed by atoms with van der Waals surface area (Å²) in [7, 11) is 0. The number of benzene rings is 1. The number of hydrogen-bond donors (Lipinski definition) is 0. The Labute approximate surface area is 132 Å². The fourth-order valence-corrected chi connectivity index (χ4v) is 2.39. The van der Waals surface area contributed by atoms with Gasteiger partial charge in [-0.1, -0.05) is 42.9 Å². The quantitative estimate of drug-likeness (QED) is 0.589. The molecule has 0 aliphatic heterocycles. The molecular weight excluding hydrogens is 280 g/mol. The fourth-order valence-electron chi connectivity index (χ4n) is 2.22. The van der Waals surface area contributed by atoms with Crippen LogP contribution < -0.4 is 0 Å². The van der Waals surface area contributed by atoms with Crippen molar-refractivity contribution in [2.45, 2.75) is 46.6 Å². The lowest BCUT2D eigenvalue weighted by molar-refractivity contribution is 0.737. The zero-order valence-corrected chi connectivity index (χ0v) is 13.7. The normalized spacial score (nSPS) is 10.3. The van der Waals surface area contributed by atoms with Gasteiger partial charge >= 0.3 is 0 Å². The van der Waals surface area contributed by atoms with Crippen LogP contribution in [0.5, 0.6) is 0 Å². The molecule has 21 heavy (non-hydrogen) atoms.